The van der Waals surface area contributed by atoms with Gasteiger partial charge in [-0.05, 0) is 62.7 Å². The molecule has 1 aliphatic rings. The van der Waals surface area contributed by atoms with Crippen molar-refractivity contribution in [3.63, 3.8) is 0 Å². The smallest absolute Gasteiger partial charge is 0.227 e. The van der Waals surface area contributed by atoms with Gasteiger partial charge in [-0.15, -0.1) is 0 Å². The molecule has 1 aliphatic heterocycles. The maximum absolute atomic E-state index is 12.6. The summed E-state index contributed by atoms with van der Waals surface area (Å²) in [5, 5.41) is 5.02. The van der Waals surface area contributed by atoms with Crippen molar-refractivity contribution < 1.29 is 4.79 Å². The van der Waals surface area contributed by atoms with Gasteiger partial charge in [-0.25, -0.2) is 0 Å². The van der Waals surface area contributed by atoms with Crippen LogP contribution in [0.3, 0.4) is 0 Å². The number of likely N-dealkylation sites (tertiary alicyclic amines) is 1. The van der Waals surface area contributed by atoms with E-state index in [1.165, 1.54) is 0 Å². The predicted molar refractivity (Wildman–Crippen MR) is 109 cm³/mol. The maximum atomic E-state index is 12.6. The van der Waals surface area contributed by atoms with Crippen molar-refractivity contribution in [2.45, 2.75) is 26.3 Å². The van der Waals surface area contributed by atoms with Crippen LogP contribution >= 0.6 is 34.8 Å². The second kappa shape index (κ2) is 8.62. The minimum Gasteiger partial charge on any atom is -0.326 e. The van der Waals surface area contributed by atoms with Crippen LogP contribution in [-0.2, 0) is 11.3 Å². The van der Waals surface area contributed by atoms with Gasteiger partial charge in [-0.1, -0.05) is 46.9 Å². The monoisotopic (exact) mass is 410 g/mol. The van der Waals surface area contributed by atoms with Gasteiger partial charge in [0.2, 0.25) is 5.91 Å². The molecule has 1 saturated heterocycles. The van der Waals surface area contributed by atoms with Crippen molar-refractivity contribution in [3.05, 3.63) is 62.6 Å². The minimum absolute atomic E-state index is 0.00588. The van der Waals surface area contributed by atoms with E-state index in [2.05, 4.69) is 10.2 Å². The molecule has 3 rings (SSSR count). The second-order valence-corrected chi connectivity index (χ2v) is 7.95. The van der Waals surface area contributed by atoms with Crippen molar-refractivity contribution in [2.24, 2.45) is 5.92 Å². The highest BCUT2D eigenvalue weighted by Crippen LogP contribution is 2.28. The summed E-state index contributed by atoms with van der Waals surface area (Å²) in [6, 6.07) is 11.1. The molecule has 0 unspecified atom stereocenters. The number of halogens is 3. The lowest BCUT2D eigenvalue weighted by atomic mass is 9.95. The molecule has 26 heavy (non-hydrogen) atoms. The molecule has 0 radical (unpaired) electrons. The van der Waals surface area contributed by atoms with Crippen LogP contribution in [0.5, 0.6) is 0 Å². The SMILES string of the molecule is Cc1ccc(Cl)cc1NC(=O)C1CCN(Cc2c(Cl)cccc2Cl)CC1. The first-order chi connectivity index (χ1) is 12.4. The van der Waals surface area contributed by atoms with Gasteiger partial charge in [-0.2, -0.15) is 0 Å². The van der Waals surface area contributed by atoms with Gasteiger partial charge in [0.1, 0.15) is 0 Å². The van der Waals surface area contributed by atoms with Crippen molar-refractivity contribution in [1.29, 1.82) is 0 Å². The number of hydrogen-bond acceptors (Lipinski definition) is 2. The first-order valence-corrected chi connectivity index (χ1v) is 9.79. The van der Waals surface area contributed by atoms with Gasteiger partial charge in [0, 0.05) is 38.8 Å². The Morgan fingerprint density at radius 3 is 2.42 bits per heavy atom. The number of amides is 1. The van der Waals surface area contributed by atoms with Crippen molar-refractivity contribution >= 4 is 46.4 Å². The topological polar surface area (TPSA) is 32.3 Å². The Morgan fingerprint density at radius 2 is 1.77 bits per heavy atom. The highest BCUT2D eigenvalue weighted by molar-refractivity contribution is 6.36. The molecule has 0 spiro atoms. The van der Waals surface area contributed by atoms with Gasteiger partial charge in [0.25, 0.3) is 0 Å². The number of rotatable bonds is 4. The zero-order chi connectivity index (χ0) is 18.7. The number of carbonyl (C=O) groups is 1. The summed E-state index contributed by atoms with van der Waals surface area (Å²) in [5.74, 6) is 0.0668. The predicted octanol–water partition coefficient (Wildman–Crippen LogP) is 5.81. The van der Waals surface area contributed by atoms with Crippen LogP contribution in [0.15, 0.2) is 36.4 Å². The third kappa shape index (κ3) is 4.72. The minimum atomic E-state index is 0.00588. The number of anilines is 1. The van der Waals surface area contributed by atoms with Crippen LogP contribution in [0.4, 0.5) is 5.69 Å². The number of aryl methyl sites for hydroxylation is 1. The molecule has 0 saturated carbocycles. The number of piperidine rings is 1. The van der Waals surface area contributed by atoms with E-state index < -0.39 is 0 Å². The van der Waals surface area contributed by atoms with Crippen LogP contribution in [-0.4, -0.2) is 23.9 Å². The molecule has 2 aromatic carbocycles. The third-order valence-electron chi connectivity index (χ3n) is 4.86. The van der Waals surface area contributed by atoms with Crippen LogP contribution < -0.4 is 5.32 Å². The summed E-state index contributed by atoms with van der Waals surface area (Å²) in [7, 11) is 0. The molecule has 0 aliphatic carbocycles. The van der Waals surface area contributed by atoms with E-state index in [0.29, 0.717) is 21.6 Å². The van der Waals surface area contributed by atoms with Gasteiger partial charge in [0.05, 0.1) is 0 Å². The lowest BCUT2D eigenvalue weighted by Crippen LogP contribution is -2.38. The molecular weight excluding hydrogens is 391 g/mol. The van der Waals surface area contributed by atoms with E-state index in [4.69, 9.17) is 34.8 Å². The number of benzene rings is 2. The van der Waals surface area contributed by atoms with Gasteiger partial charge in [0.15, 0.2) is 0 Å². The highest BCUT2D eigenvalue weighted by atomic mass is 35.5. The van der Waals surface area contributed by atoms with E-state index in [-0.39, 0.29) is 11.8 Å². The zero-order valence-corrected chi connectivity index (χ0v) is 16.8. The van der Waals surface area contributed by atoms with Gasteiger partial charge >= 0.3 is 0 Å². The Labute approximate surface area is 169 Å². The van der Waals surface area contributed by atoms with Crippen LogP contribution in [0.25, 0.3) is 0 Å². The zero-order valence-electron chi connectivity index (χ0n) is 14.6. The average Bonchev–Trinajstić information content (AvgIpc) is 2.62. The Kier molecular flexibility index (Phi) is 6.46. The van der Waals surface area contributed by atoms with E-state index >= 15 is 0 Å². The van der Waals surface area contributed by atoms with E-state index in [1.807, 2.05) is 37.3 Å². The normalized spacial score (nSPS) is 15.8. The average molecular weight is 412 g/mol. The summed E-state index contributed by atoms with van der Waals surface area (Å²) in [5.41, 5.74) is 2.75. The Morgan fingerprint density at radius 1 is 1.12 bits per heavy atom. The molecule has 6 heteroatoms. The van der Waals surface area contributed by atoms with Crippen LogP contribution in [0.1, 0.15) is 24.0 Å². The summed E-state index contributed by atoms with van der Waals surface area (Å²) in [6.07, 6.45) is 1.63. The number of nitrogens with zero attached hydrogens (tertiary/aromatic N) is 1. The molecule has 0 atom stereocenters. The number of hydrogen-bond donors (Lipinski definition) is 1. The number of nitrogens with one attached hydrogen (secondary N) is 1. The van der Waals surface area contributed by atoms with Crippen LogP contribution in [0, 0.1) is 12.8 Å². The van der Waals surface area contributed by atoms with Crippen molar-refractivity contribution in [1.82, 2.24) is 4.90 Å². The lowest BCUT2D eigenvalue weighted by Gasteiger charge is -2.31. The summed E-state index contributed by atoms with van der Waals surface area (Å²) in [6.45, 7) is 4.35. The molecule has 1 amide bonds. The molecule has 1 heterocycles. The fraction of sp³-hybridized carbons (Fsp3) is 0.350. The third-order valence-corrected chi connectivity index (χ3v) is 5.80. The molecule has 2 aromatic rings. The van der Waals surface area contributed by atoms with Crippen molar-refractivity contribution in [3.8, 4) is 0 Å². The molecule has 3 nitrogen and oxygen atoms in total. The first-order valence-electron chi connectivity index (χ1n) is 8.66. The van der Waals surface area contributed by atoms with Gasteiger partial charge < -0.3 is 5.32 Å². The molecule has 0 aromatic heterocycles. The summed E-state index contributed by atoms with van der Waals surface area (Å²) >= 11 is 18.5. The van der Waals surface area contributed by atoms with E-state index in [9.17, 15) is 4.79 Å². The standard InChI is InChI=1S/C20H21Cl3N2O/c1-13-5-6-15(21)11-19(13)24-20(26)14-7-9-25(10-8-14)12-16-17(22)3-2-4-18(16)23/h2-6,11,14H,7-10,12H2,1H3,(H,24,26). The Bertz CT molecular complexity index is 781. The molecule has 0 bridgehead atoms. The molecular formula is C20H21Cl3N2O. The summed E-state index contributed by atoms with van der Waals surface area (Å²) < 4.78 is 0. The Hall–Kier alpha value is -1.26. The summed E-state index contributed by atoms with van der Waals surface area (Å²) in [4.78, 5) is 14.9. The Balaban J connectivity index is 1.56. The maximum Gasteiger partial charge on any atom is 0.227 e. The molecule has 1 fully saturated rings. The molecule has 1 N–H and O–H groups in total. The number of carbonyl (C=O) groups excluding carboxylic acids is 1. The fourth-order valence-electron chi connectivity index (χ4n) is 3.22. The largest absolute Gasteiger partial charge is 0.326 e. The van der Waals surface area contributed by atoms with Crippen LogP contribution in [0.2, 0.25) is 15.1 Å². The fourth-order valence-corrected chi connectivity index (χ4v) is 3.91. The second-order valence-electron chi connectivity index (χ2n) is 6.70. The first kappa shape index (κ1) is 19.5. The highest BCUT2D eigenvalue weighted by Gasteiger charge is 2.26. The van der Waals surface area contributed by atoms with Gasteiger partial charge in [-0.3, -0.25) is 9.69 Å². The van der Waals surface area contributed by atoms with Crippen molar-refractivity contribution in [2.75, 3.05) is 18.4 Å². The lowest BCUT2D eigenvalue weighted by molar-refractivity contribution is -0.121. The van der Waals surface area contributed by atoms with E-state index in [0.717, 1.165) is 42.7 Å². The van der Waals surface area contributed by atoms with E-state index in [1.54, 1.807) is 6.07 Å². The quantitative estimate of drug-likeness (QED) is 0.689. The molecule has 138 valence electrons.